The Morgan fingerprint density at radius 2 is 1.88 bits per heavy atom. The van der Waals surface area contributed by atoms with E-state index in [2.05, 4.69) is 4.98 Å². The smallest absolute Gasteiger partial charge is 0.416 e. The van der Waals surface area contributed by atoms with E-state index in [1.807, 2.05) is 59.7 Å². The number of rotatable bonds is 6. The van der Waals surface area contributed by atoms with Crippen LogP contribution in [-0.2, 0) is 14.8 Å². The van der Waals surface area contributed by atoms with E-state index in [1.54, 1.807) is 33.6 Å². The van der Waals surface area contributed by atoms with E-state index in [0.29, 0.717) is 25.2 Å². The molecule has 2 heterocycles. The molecule has 0 saturated carbocycles. The number of amides is 1. The molecular formula is C26H37N3O4S. The van der Waals surface area contributed by atoms with Crippen LogP contribution in [0.25, 0.3) is 0 Å². The molecule has 1 saturated heterocycles. The maximum absolute atomic E-state index is 13.7. The van der Waals surface area contributed by atoms with Gasteiger partial charge in [0.05, 0.1) is 10.9 Å². The van der Waals surface area contributed by atoms with Crippen LogP contribution in [-0.4, -0.2) is 42.0 Å². The zero-order valence-electron chi connectivity index (χ0n) is 21.1. The normalized spacial score (nSPS) is 18.4. The van der Waals surface area contributed by atoms with Crippen molar-refractivity contribution in [2.45, 2.75) is 89.8 Å². The number of aryl methyl sites for hydroxylation is 1. The Balaban J connectivity index is 2.08. The Morgan fingerprint density at radius 1 is 1.21 bits per heavy atom. The van der Waals surface area contributed by atoms with Crippen molar-refractivity contribution in [3.63, 3.8) is 0 Å². The van der Waals surface area contributed by atoms with E-state index in [9.17, 15) is 13.2 Å². The zero-order valence-corrected chi connectivity index (χ0v) is 21.9. The molecule has 186 valence electrons. The maximum atomic E-state index is 13.7. The van der Waals surface area contributed by atoms with Gasteiger partial charge in [-0.3, -0.25) is 4.90 Å². The van der Waals surface area contributed by atoms with Crippen molar-refractivity contribution >= 4 is 21.9 Å². The van der Waals surface area contributed by atoms with E-state index in [1.165, 1.54) is 0 Å². The molecule has 34 heavy (non-hydrogen) atoms. The third kappa shape index (κ3) is 5.78. The van der Waals surface area contributed by atoms with Gasteiger partial charge in [0.15, 0.2) is 0 Å². The fourth-order valence-corrected chi connectivity index (χ4v) is 5.86. The molecule has 1 aromatic heterocycles. The summed E-state index contributed by atoms with van der Waals surface area (Å²) in [5.41, 5.74) is 1.07. The predicted octanol–water partition coefficient (Wildman–Crippen LogP) is 5.85. The van der Waals surface area contributed by atoms with Crippen LogP contribution in [0.1, 0.15) is 77.5 Å². The summed E-state index contributed by atoms with van der Waals surface area (Å²) in [4.78, 5) is 19.7. The van der Waals surface area contributed by atoms with Gasteiger partial charge in [-0.1, -0.05) is 37.1 Å². The minimum atomic E-state index is -3.72. The number of pyridine rings is 1. The van der Waals surface area contributed by atoms with E-state index in [4.69, 9.17) is 4.74 Å². The standard InChI is InChI=1S/C26H37N3O4S/c1-7-20(3)29(25(30)33-26(4,5)6)24-22(11-10-17-27-24)23-12-8-9-18-28(23)34(31,32)21-15-13-19(2)14-16-21/h10-11,13-17,20,23H,7-9,12,18H2,1-6H3/t20-,23-/m0/s1. The molecule has 1 aliphatic rings. The Hall–Kier alpha value is -2.45. The molecule has 0 bridgehead atoms. The molecule has 2 atom stereocenters. The van der Waals surface area contributed by atoms with E-state index < -0.39 is 27.8 Å². The monoisotopic (exact) mass is 487 g/mol. The SMILES string of the molecule is CC[C@H](C)N(C(=O)OC(C)(C)C)c1ncccc1[C@@H]1CCCCN1S(=O)(=O)c1ccc(C)cc1. The van der Waals surface area contributed by atoms with Gasteiger partial charge in [-0.2, -0.15) is 4.31 Å². The Bertz CT molecular complexity index is 1090. The number of carbonyl (C=O) groups excluding carboxylic acids is 1. The van der Waals surface area contributed by atoms with Gasteiger partial charge in [0.2, 0.25) is 10.0 Å². The van der Waals surface area contributed by atoms with Crippen LogP contribution in [0.5, 0.6) is 0 Å². The number of aromatic nitrogens is 1. The summed E-state index contributed by atoms with van der Waals surface area (Å²) in [6, 6.07) is 10.0. The largest absolute Gasteiger partial charge is 0.443 e. The van der Waals surface area contributed by atoms with Crippen LogP contribution < -0.4 is 4.90 Å². The Kier molecular flexibility index (Phi) is 8.03. The number of ether oxygens (including phenoxy) is 1. The summed E-state index contributed by atoms with van der Waals surface area (Å²) in [5.74, 6) is 0.460. The molecule has 0 spiro atoms. The molecule has 0 radical (unpaired) electrons. The number of piperidine rings is 1. The number of benzene rings is 1. The Morgan fingerprint density at radius 3 is 2.50 bits per heavy atom. The zero-order chi connectivity index (χ0) is 25.1. The van der Waals surface area contributed by atoms with Crippen LogP contribution in [0, 0.1) is 6.92 Å². The van der Waals surface area contributed by atoms with Crippen LogP contribution in [0.4, 0.5) is 10.6 Å². The topological polar surface area (TPSA) is 79.8 Å². The van der Waals surface area contributed by atoms with Gasteiger partial charge >= 0.3 is 6.09 Å². The lowest BCUT2D eigenvalue weighted by Gasteiger charge is -2.38. The lowest BCUT2D eigenvalue weighted by Crippen LogP contribution is -2.44. The summed E-state index contributed by atoms with van der Waals surface area (Å²) in [6.45, 7) is 11.8. The van der Waals surface area contributed by atoms with Gasteiger partial charge in [-0.05, 0) is 72.1 Å². The fraction of sp³-hybridized carbons (Fsp3) is 0.538. The molecule has 0 N–H and O–H groups in total. The molecule has 1 aliphatic heterocycles. The molecule has 2 aromatic rings. The van der Waals surface area contributed by atoms with Crippen molar-refractivity contribution in [2.75, 3.05) is 11.4 Å². The van der Waals surface area contributed by atoms with Crippen molar-refractivity contribution in [1.29, 1.82) is 0 Å². The maximum Gasteiger partial charge on any atom is 0.416 e. The molecule has 8 heteroatoms. The molecule has 1 aromatic carbocycles. The summed E-state index contributed by atoms with van der Waals surface area (Å²) in [6.07, 6.45) is 4.20. The van der Waals surface area contributed by atoms with E-state index >= 15 is 0 Å². The average Bonchev–Trinajstić information content (AvgIpc) is 2.78. The second kappa shape index (κ2) is 10.4. The fourth-order valence-electron chi connectivity index (χ4n) is 4.19. The average molecular weight is 488 g/mol. The highest BCUT2D eigenvalue weighted by atomic mass is 32.2. The quantitative estimate of drug-likeness (QED) is 0.511. The molecule has 7 nitrogen and oxygen atoms in total. The van der Waals surface area contributed by atoms with E-state index in [0.717, 1.165) is 24.0 Å². The predicted molar refractivity (Wildman–Crippen MR) is 134 cm³/mol. The summed E-state index contributed by atoms with van der Waals surface area (Å²) < 4.78 is 34.6. The van der Waals surface area contributed by atoms with Crippen LogP contribution in [0.3, 0.4) is 0 Å². The minimum absolute atomic E-state index is 0.172. The third-order valence-electron chi connectivity index (χ3n) is 6.11. The van der Waals surface area contributed by atoms with Gasteiger partial charge in [-0.15, -0.1) is 0 Å². The lowest BCUT2D eigenvalue weighted by molar-refractivity contribution is 0.0565. The first-order valence-electron chi connectivity index (χ1n) is 12.0. The van der Waals surface area contributed by atoms with Crippen molar-refractivity contribution in [3.05, 3.63) is 53.7 Å². The van der Waals surface area contributed by atoms with Gasteiger partial charge in [-0.25, -0.2) is 18.2 Å². The summed E-state index contributed by atoms with van der Waals surface area (Å²) >= 11 is 0. The molecular weight excluding hydrogens is 450 g/mol. The number of hydrogen-bond acceptors (Lipinski definition) is 5. The number of nitrogens with zero attached hydrogens (tertiary/aromatic N) is 3. The molecule has 1 fully saturated rings. The van der Waals surface area contributed by atoms with Crippen molar-refractivity contribution < 1.29 is 17.9 Å². The molecule has 0 aliphatic carbocycles. The van der Waals surface area contributed by atoms with Crippen LogP contribution in [0.2, 0.25) is 0 Å². The third-order valence-corrected chi connectivity index (χ3v) is 8.03. The second-order valence-corrected chi connectivity index (χ2v) is 11.9. The highest BCUT2D eigenvalue weighted by Gasteiger charge is 2.38. The molecule has 3 rings (SSSR count). The highest BCUT2D eigenvalue weighted by molar-refractivity contribution is 7.89. The first-order valence-corrected chi connectivity index (χ1v) is 13.5. The van der Waals surface area contributed by atoms with E-state index in [-0.39, 0.29) is 10.9 Å². The van der Waals surface area contributed by atoms with Crippen molar-refractivity contribution in [3.8, 4) is 0 Å². The second-order valence-electron chi connectivity index (χ2n) is 9.96. The highest BCUT2D eigenvalue weighted by Crippen LogP contribution is 2.39. The minimum Gasteiger partial charge on any atom is -0.443 e. The summed E-state index contributed by atoms with van der Waals surface area (Å²) in [7, 11) is -3.72. The van der Waals surface area contributed by atoms with Gasteiger partial charge in [0.25, 0.3) is 0 Å². The number of anilines is 1. The van der Waals surface area contributed by atoms with Crippen molar-refractivity contribution in [1.82, 2.24) is 9.29 Å². The van der Waals surface area contributed by atoms with Gasteiger partial charge in [0, 0.05) is 24.3 Å². The molecule has 0 unspecified atom stereocenters. The Labute approximate surface area is 204 Å². The molecule has 1 amide bonds. The van der Waals surface area contributed by atoms with Gasteiger partial charge < -0.3 is 4.74 Å². The van der Waals surface area contributed by atoms with Crippen LogP contribution in [0.15, 0.2) is 47.5 Å². The number of sulfonamides is 1. The summed E-state index contributed by atoms with van der Waals surface area (Å²) in [5, 5.41) is 0. The first-order chi connectivity index (χ1) is 16.0. The number of carbonyl (C=O) groups is 1. The lowest BCUT2D eigenvalue weighted by atomic mass is 9.97. The van der Waals surface area contributed by atoms with Crippen molar-refractivity contribution in [2.24, 2.45) is 0 Å². The number of hydrogen-bond donors (Lipinski definition) is 0. The van der Waals surface area contributed by atoms with Gasteiger partial charge in [0.1, 0.15) is 11.4 Å². The van der Waals surface area contributed by atoms with Crippen LogP contribution >= 0.6 is 0 Å². The first kappa shape index (κ1) is 26.2.